The lowest BCUT2D eigenvalue weighted by atomic mass is 10.2. The molecule has 9 nitrogen and oxygen atoms in total. The van der Waals surface area contributed by atoms with E-state index in [1.54, 1.807) is 30.3 Å². The van der Waals surface area contributed by atoms with E-state index in [9.17, 15) is 10.3 Å². The zero-order valence-electron chi connectivity index (χ0n) is 13.2. The smallest absolute Gasteiger partial charge is 0.457 e. The lowest BCUT2D eigenvalue weighted by Gasteiger charge is -2.21. The second-order valence-electron chi connectivity index (χ2n) is 4.75. The number of aromatic hydroxyl groups is 1. The average Bonchev–Trinajstić information content (AvgIpc) is 2.90. The number of rotatable bonds is 5. The lowest BCUT2D eigenvalue weighted by molar-refractivity contribution is -0.895. The predicted molar refractivity (Wildman–Crippen MR) is 83.4 cm³/mol. The molecule has 0 atom stereocenters. The summed E-state index contributed by atoms with van der Waals surface area (Å²) in [5.74, 6) is -0.268. The summed E-state index contributed by atoms with van der Waals surface area (Å²) in [6, 6.07) is 8.38. The molecular weight excluding hydrogens is 310 g/mol. The zero-order chi connectivity index (χ0) is 17.7. The van der Waals surface area contributed by atoms with Crippen molar-refractivity contribution in [2.24, 2.45) is 10.2 Å². The Balaban J connectivity index is 2.32. The van der Waals surface area contributed by atoms with E-state index in [4.69, 9.17) is 10.5 Å². The number of aromatic nitrogens is 2. The number of anilines is 1. The number of H-pyrrole nitrogens is 1. The Kier molecular flexibility index (Phi) is 4.97. The fourth-order valence-electron chi connectivity index (χ4n) is 2.17. The van der Waals surface area contributed by atoms with Crippen LogP contribution in [0.1, 0.15) is 25.2 Å². The summed E-state index contributed by atoms with van der Waals surface area (Å²) in [6.45, 7) is 5.63. The van der Waals surface area contributed by atoms with Crippen LogP contribution in [-0.4, -0.2) is 28.4 Å². The number of benzene rings is 1. The highest BCUT2D eigenvalue weighted by Crippen LogP contribution is 2.31. The number of hydrogen-bond acceptors (Lipinski definition) is 7. The third-order valence-electron chi connectivity index (χ3n) is 3.44. The summed E-state index contributed by atoms with van der Waals surface area (Å²) in [5.41, 5.74) is 0.646. The third kappa shape index (κ3) is 3.10. The van der Waals surface area contributed by atoms with Gasteiger partial charge in [-0.3, -0.25) is 0 Å². The second kappa shape index (κ2) is 7.11. The quantitative estimate of drug-likeness (QED) is 0.440. The number of hydrogen-bond donors (Lipinski definition) is 3. The molecule has 2 aromatic rings. The van der Waals surface area contributed by atoms with Crippen molar-refractivity contribution < 1.29 is 15.0 Å². The lowest BCUT2D eigenvalue weighted by Crippen LogP contribution is -2.31. The topological polar surface area (TPSA) is 136 Å². The fraction of sp³-hybridized carbons (Fsp3) is 0.267. The first kappa shape index (κ1) is 16.8. The van der Waals surface area contributed by atoms with E-state index in [2.05, 4.69) is 20.1 Å². The van der Waals surface area contributed by atoms with E-state index < -0.39 is 0 Å². The summed E-state index contributed by atoms with van der Waals surface area (Å²) >= 11 is 0. The van der Waals surface area contributed by atoms with Gasteiger partial charge in [-0.2, -0.15) is 10.5 Å². The van der Waals surface area contributed by atoms with Gasteiger partial charge in [-0.15, -0.1) is 0 Å². The van der Waals surface area contributed by atoms with Gasteiger partial charge in [0.25, 0.3) is 5.69 Å². The van der Waals surface area contributed by atoms with Crippen LogP contribution in [0.3, 0.4) is 0 Å². The normalized spacial score (nSPS) is 10.5. The van der Waals surface area contributed by atoms with E-state index in [1.165, 1.54) is 0 Å². The van der Waals surface area contributed by atoms with Crippen LogP contribution < -0.4 is 9.63 Å². The Morgan fingerprint density at radius 1 is 1.21 bits per heavy atom. The number of nitrogens with one attached hydrogen (secondary N) is 1. The van der Waals surface area contributed by atoms with Crippen molar-refractivity contribution in [3.05, 3.63) is 29.6 Å². The van der Waals surface area contributed by atoms with Crippen LogP contribution in [0.2, 0.25) is 0 Å². The maximum Gasteiger partial charge on any atom is 0.457 e. The van der Waals surface area contributed by atoms with Crippen molar-refractivity contribution in [1.82, 2.24) is 4.98 Å². The minimum atomic E-state index is -0.271. The first-order chi connectivity index (χ1) is 11.5. The Hall–Kier alpha value is -3.59. The summed E-state index contributed by atoms with van der Waals surface area (Å²) < 4.78 is 0.434. The highest BCUT2D eigenvalue weighted by atomic mass is 16.5. The molecule has 0 saturated carbocycles. The molecule has 0 aliphatic rings. The van der Waals surface area contributed by atoms with Crippen molar-refractivity contribution in [2.45, 2.75) is 13.8 Å². The summed E-state index contributed by atoms with van der Waals surface area (Å²) in [5, 5.41) is 45.2. The molecule has 1 heterocycles. The molecule has 0 fully saturated rings. The number of nitriles is 2. The molecule has 0 aliphatic heterocycles. The number of azo groups is 1. The molecule has 1 aromatic heterocycles. The third-order valence-corrected chi connectivity index (χ3v) is 3.44. The number of phenols is 1. The van der Waals surface area contributed by atoms with Gasteiger partial charge >= 0.3 is 5.95 Å². The fourth-order valence-corrected chi connectivity index (χ4v) is 2.17. The van der Waals surface area contributed by atoms with E-state index >= 15 is 0 Å². The minimum absolute atomic E-state index is 0.0693. The van der Waals surface area contributed by atoms with Crippen molar-refractivity contribution in [2.75, 3.05) is 18.0 Å². The first-order valence-electron chi connectivity index (χ1n) is 7.22. The molecule has 0 amide bonds. The van der Waals surface area contributed by atoms with Crippen LogP contribution in [0, 0.1) is 22.7 Å². The second-order valence-corrected chi connectivity index (χ2v) is 4.75. The van der Waals surface area contributed by atoms with Crippen molar-refractivity contribution in [1.29, 1.82) is 10.5 Å². The molecule has 0 aliphatic carbocycles. The van der Waals surface area contributed by atoms with E-state index in [0.29, 0.717) is 4.73 Å². The largest absolute Gasteiger partial charge is 0.505 e. The maximum absolute atomic E-state index is 10.1. The molecule has 0 bridgehead atoms. The minimum Gasteiger partial charge on any atom is -0.505 e. The Labute approximate surface area is 138 Å². The maximum atomic E-state index is 10.1. The monoisotopic (exact) mass is 326 g/mol. The standard InChI is InChI=1S/C15H15N7O2/c1-3-21(4-2)10-5-6-11(14(23)7-10)19-20-15-18-12(8-16)13(9-17)22(15)24/h5-7,24H,3-4H2,1-2H3,(H,18,20,23)/p+1. The molecule has 1 aromatic carbocycles. The van der Waals surface area contributed by atoms with Gasteiger partial charge in [0.1, 0.15) is 23.6 Å². The SMILES string of the molecule is CCN(CC)c1ccc(N=Nc2[nH]c(C#N)c(C#N)[n+]2O)c(O)c1. The summed E-state index contributed by atoms with van der Waals surface area (Å²) in [4.78, 5) is 4.53. The van der Waals surface area contributed by atoms with Crippen molar-refractivity contribution >= 4 is 17.3 Å². The molecule has 0 unspecified atom stereocenters. The van der Waals surface area contributed by atoms with Gasteiger partial charge in [-0.25, -0.2) is 4.98 Å². The van der Waals surface area contributed by atoms with Crippen LogP contribution >= 0.6 is 0 Å². The van der Waals surface area contributed by atoms with Gasteiger partial charge in [-0.05, 0) is 30.7 Å². The van der Waals surface area contributed by atoms with Crippen molar-refractivity contribution in [3.63, 3.8) is 0 Å². The van der Waals surface area contributed by atoms with Crippen LogP contribution in [0.4, 0.5) is 17.3 Å². The highest BCUT2D eigenvalue weighted by Gasteiger charge is 2.24. The molecule has 2 rings (SSSR count). The number of phenolic OH excluding ortho intramolecular Hbond substituents is 1. The Morgan fingerprint density at radius 2 is 1.92 bits per heavy atom. The molecule has 9 heteroatoms. The highest BCUT2D eigenvalue weighted by molar-refractivity contribution is 5.61. The summed E-state index contributed by atoms with van der Waals surface area (Å²) in [7, 11) is 0. The van der Waals surface area contributed by atoms with Crippen LogP contribution in [0.5, 0.6) is 5.75 Å². The molecule has 0 spiro atoms. The molecule has 122 valence electrons. The molecule has 0 saturated heterocycles. The summed E-state index contributed by atoms with van der Waals surface area (Å²) in [6.07, 6.45) is 0. The van der Waals surface area contributed by atoms with Gasteiger partial charge in [0.05, 0.1) is 0 Å². The van der Waals surface area contributed by atoms with Gasteiger partial charge < -0.3 is 15.2 Å². The molecule has 24 heavy (non-hydrogen) atoms. The zero-order valence-corrected chi connectivity index (χ0v) is 13.2. The van der Waals surface area contributed by atoms with E-state index in [0.717, 1.165) is 18.8 Å². The number of imidazole rings is 1. The van der Waals surface area contributed by atoms with E-state index in [1.807, 2.05) is 13.8 Å². The van der Waals surface area contributed by atoms with E-state index in [-0.39, 0.29) is 28.8 Å². The average molecular weight is 326 g/mol. The number of aromatic amines is 1. The Morgan fingerprint density at radius 3 is 2.42 bits per heavy atom. The van der Waals surface area contributed by atoms with Gasteiger partial charge in [0.15, 0.2) is 0 Å². The van der Waals surface area contributed by atoms with Crippen molar-refractivity contribution in [3.8, 4) is 17.9 Å². The van der Waals surface area contributed by atoms with Crippen LogP contribution in [0.15, 0.2) is 28.4 Å². The van der Waals surface area contributed by atoms with Gasteiger partial charge in [-0.1, -0.05) is 5.11 Å². The molecular formula is C15H16N7O2+. The molecule has 3 N–H and O–H groups in total. The first-order valence-corrected chi connectivity index (χ1v) is 7.22. The van der Waals surface area contributed by atoms with Crippen LogP contribution in [0.25, 0.3) is 0 Å². The predicted octanol–water partition coefficient (Wildman–Crippen LogP) is 2.25. The number of nitrogens with zero attached hydrogens (tertiary/aromatic N) is 6. The molecule has 0 radical (unpaired) electrons. The Bertz CT molecular complexity index is 854. The van der Waals surface area contributed by atoms with Gasteiger partial charge in [0.2, 0.25) is 5.69 Å². The van der Waals surface area contributed by atoms with Crippen LogP contribution in [-0.2, 0) is 0 Å². The van der Waals surface area contributed by atoms with Gasteiger partial charge in [0, 0.05) is 30.0 Å².